The zero-order valence-electron chi connectivity index (χ0n) is 14.9. The Balaban J connectivity index is 2.21. The minimum Gasteiger partial charge on any atom is -0.493 e. The van der Waals surface area contributed by atoms with Gasteiger partial charge in [0.1, 0.15) is 0 Å². The average Bonchev–Trinajstić information content (AvgIpc) is 2.58. The molecule has 0 saturated heterocycles. The van der Waals surface area contributed by atoms with Crippen LogP contribution >= 0.6 is 0 Å². The van der Waals surface area contributed by atoms with E-state index in [0.717, 1.165) is 11.1 Å². The second-order valence-corrected chi connectivity index (χ2v) is 6.45. The zero-order valence-corrected chi connectivity index (χ0v) is 14.9. The van der Waals surface area contributed by atoms with Gasteiger partial charge in [-0.25, -0.2) is 0 Å². The molecule has 5 heteroatoms. The number of hydrogen-bond acceptors (Lipinski definition) is 4. The molecule has 0 bridgehead atoms. The largest absolute Gasteiger partial charge is 0.493 e. The van der Waals surface area contributed by atoms with Gasteiger partial charge in [0.15, 0.2) is 11.5 Å². The summed E-state index contributed by atoms with van der Waals surface area (Å²) < 4.78 is 11.1. The number of nitrogens with two attached hydrogens (primary N) is 1. The van der Waals surface area contributed by atoms with Crippen LogP contribution in [0.3, 0.4) is 0 Å². The van der Waals surface area contributed by atoms with Crippen molar-refractivity contribution in [3.8, 4) is 11.5 Å². The molecular weight excluding hydrogens is 318 g/mol. The van der Waals surface area contributed by atoms with Crippen LogP contribution in [-0.2, 0) is 11.2 Å². The van der Waals surface area contributed by atoms with E-state index in [1.54, 1.807) is 31.4 Å². The highest BCUT2D eigenvalue weighted by Crippen LogP contribution is 2.31. The summed E-state index contributed by atoms with van der Waals surface area (Å²) in [5, 5.41) is 9.60. The minimum absolute atomic E-state index is 0.361. The number of nitrogen functional groups attached to an aromatic ring is 1. The molecule has 134 valence electrons. The summed E-state index contributed by atoms with van der Waals surface area (Å²) in [6.45, 7) is 4.74. The van der Waals surface area contributed by atoms with Crippen molar-refractivity contribution in [1.29, 1.82) is 0 Å². The van der Waals surface area contributed by atoms with Gasteiger partial charge in [0, 0.05) is 5.69 Å². The molecule has 5 nitrogen and oxygen atoms in total. The Labute approximate surface area is 148 Å². The van der Waals surface area contributed by atoms with Crippen LogP contribution in [0.4, 0.5) is 5.69 Å². The number of ether oxygens (including phenoxy) is 2. The van der Waals surface area contributed by atoms with E-state index in [1.807, 2.05) is 18.2 Å². The Kier molecular flexibility index (Phi) is 6.28. The van der Waals surface area contributed by atoms with Crippen molar-refractivity contribution in [2.45, 2.75) is 26.2 Å². The molecule has 0 amide bonds. The second-order valence-electron chi connectivity index (χ2n) is 6.45. The van der Waals surface area contributed by atoms with Gasteiger partial charge in [-0.15, -0.1) is 0 Å². The number of aliphatic carboxylic acids is 1. The van der Waals surface area contributed by atoms with Gasteiger partial charge < -0.3 is 20.3 Å². The number of benzene rings is 2. The maximum atomic E-state index is 11.7. The van der Waals surface area contributed by atoms with Gasteiger partial charge in [0.25, 0.3) is 0 Å². The highest BCUT2D eigenvalue weighted by atomic mass is 16.5. The van der Waals surface area contributed by atoms with E-state index in [0.29, 0.717) is 36.1 Å². The predicted molar refractivity (Wildman–Crippen MR) is 98.3 cm³/mol. The summed E-state index contributed by atoms with van der Waals surface area (Å²) >= 11 is 0. The Morgan fingerprint density at radius 1 is 1.12 bits per heavy atom. The van der Waals surface area contributed by atoms with Gasteiger partial charge in [-0.05, 0) is 47.7 Å². The van der Waals surface area contributed by atoms with Crippen LogP contribution in [0.5, 0.6) is 11.5 Å². The van der Waals surface area contributed by atoms with Crippen LogP contribution in [-0.4, -0.2) is 24.8 Å². The van der Waals surface area contributed by atoms with E-state index in [4.69, 9.17) is 15.2 Å². The number of anilines is 1. The van der Waals surface area contributed by atoms with Gasteiger partial charge in [0.2, 0.25) is 0 Å². The number of carboxylic acids is 1. The molecule has 3 N–H and O–H groups in total. The van der Waals surface area contributed by atoms with E-state index in [9.17, 15) is 9.90 Å². The van der Waals surface area contributed by atoms with Crippen LogP contribution in [0.1, 0.15) is 30.9 Å². The third-order valence-electron chi connectivity index (χ3n) is 3.88. The molecule has 25 heavy (non-hydrogen) atoms. The zero-order chi connectivity index (χ0) is 18.4. The second kappa shape index (κ2) is 8.42. The summed E-state index contributed by atoms with van der Waals surface area (Å²) in [6, 6.07) is 12.5. The van der Waals surface area contributed by atoms with Gasteiger partial charge in [-0.2, -0.15) is 0 Å². The molecule has 1 unspecified atom stereocenters. The van der Waals surface area contributed by atoms with Crippen molar-refractivity contribution in [2.75, 3.05) is 19.5 Å². The summed E-state index contributed by atoms with van der Waals surface area (Å²) in [4.78, 5) is 11.7. The van der Waals surface area contributed by atoms with Crippen molar-refractivity contribution in [2.24, 2.45) is 5.92 Å². The molecule has 2 aromatic carbocycles. The number of hydrogen-bond donors (Lipinski definition) is 2. The SMILES string of the molecule is COc1cc(CC(C(=O)O)c2ccc(N)cc2)ccc1OCC(C)C. The molecule has 0 spiro atoms. The van der Waals surface area contributed by atoms with E-state index in [2.05, 4.69) is 13.8 Å². The van der Waals surface area contributed by atoms with Crippen LogP contribution < -0.4 is 15.2 Å². The number of methoxy groups -OCH3 is 1. The Morgan fingerprint density at radius 2 is 1.80 bits per heavy atom. The molecule has 0 aromatic heterocycles. The Morgan fingerprint density at radius 3 is 2.36 bits per heavy atom. The van der Waals surface area contributed by atoms with Crippen molar-refractivity contribution in [1.82, 2.24) is 0 Å². The lowest BCUT2D eigenvalue weighted by atomic mass is 9.92. The van der Waals surface area contributed by atoms with Crippen molar-refractivity contribution in [3.63, 3.8) is 0 Å². The number of carboxylic acid groups (broad SMARTS) is 1. The average molecular weight is 343 g/mol. The summed E-state index contributed by atoms with van der Waals surface area (Å²) in [6.07, 6.45) is 0.361. The minimum atomic E-state index is -0.871. The molecule has 0 radical (unpaired) electrons. The molecule has 0 saturated carbocycles. The van der Waals surface area contributed by atoms with Crippen LogP contribution in [0.15, 0.2) is 42.5 Å². The first-order valence-electron chi connectivity index (χ1n) is 8.28. The Bertz CT molecular complexity index is 710. The normalized spacial score (nSPS) is 12.0. The van der Waals surface area contributed by atoms with Crippen LogP contribution in [0, 0.1) is 5.92 Å². The summed E-state index contributed by atoms with van der Waals surface area (Å²) in [7, 11) is 1.58. The predicted octanol–water partition coefficient (Wildman–Crippen LogP) is 3.72. The first kappa shape index (κ1) is 18.6. The van der Waals surface area contributed by atoms with Gasteiger partial charge in [0.05, 0.1) is 19.6 Å². The van der Waals surface area contributed by atoms with Crippen LogP contribution in [0.2, 0.25) is 0 Å². The summed E-state index contributed by atoms with van der Waals surface area (Å²) in [5.41, 5.74) is 7.89. The fourth-order valence-corrected chi connectivity index (χ4v) is 2.53. The van der Waals surface area contributed by atoms with Crippen molar-refractivity contribution < 1.29 is 19.4 Å². The van der Waals surface area contributed by atoms with E-state index < -0.39 is 11.9 Å². The Hall–Kier alpha value is -2.69. The summed E-state index contributed by atoms with van der Waals surface area (Å²) in [5.74, 6) is 0.168. The van der Waals surface area contributed by atoms with Gasteiger partial charge in [-0.3, -0.25) is 4.79 Å². The smallest absolute Gasteiger partial charge is 0.311 e. The van der Waals surface area contributed by atoms with Crippen molar-refractivity contribution >= 4 is 11.7 Å². The lowest BCUT2D eigenvalue weighted by molar-refractivity contribution is -0.138. The maximum Gasteiger partial charge on any atom is 0.311 e. The fraction of sp³-hybridized carbons (Fsp3) is 0.350. The molecule has 2 aromatic rings. The lowest BCUT2D eigenvalue weighted by Crippen LogP contribution is -2.14. The molecule has 0 fully saturated rings. The number of carbonyl (C=O) groups is 1. The number of rotatable bonds is 8. The lowest BCUT2D eigenvalue weighted by Gasteiger charge is -2.16. The highest BCUT2D eigenvalue weighted by molar-refractivity contribution is 5.76. The molecule has 2 rings (SSSR count). The fourth-order valence-electron chi connectivity index (χ4n) is 2.53. The molecule has 0 aliphatic heterocycles. The first-order chi connectivity index (χ1) is 11.9. The van der Waals surface area contributed by atoms with E-state index in [1.165, 1.54) is 0 Å². The standard InChI is InChI=1S/C20H25NO4/c1-13(2)12-25-18-9-4-14(11-19(18)24-3)10-17(20(22)23)15-5-7-16(21)8-6-15/h4-9,11,13,17H,10,12,21H2,1-3H3,(H,22,23). The van der Waals surface area contributed by atoms with Crippen LogP contribution in [0.25, 0.3) is 0 Å². The van der Waals surface area contributed by atoms with E-state index in [-0.39, 0.29) is 0 Å². The molecular formula is C20H25NO4. The molecule has 1 atom stereocenters. The monoisotopic (exact) mass is 343 g/mol. The molecule has 0 aliphatic rings. The first-order valence-corrected chi connectivity index (χ1v) is 8.28. The molecule has 0 heterocycles. The van der Waals surface area contributed by atoms with E-state index >= 15 is 0 Å². The van der Waals surface area contributed by atoms with Gasteiger partial charge >= 0.3 is 5.97 Å². The highest BCUT2D eigenvalue weighted by Gasteiger charge is 2.21. The van der Waals surface area contributed by atoms with Crippen molar-refractivity contribution in [3.05, 3.63) is 53.6 Å². The quantitative estimate of drug-likeness (QED) is 0.714. The topological polar surface area (TPSA) is 81.8 Å². The third-order valence-corrected chi connectivity index (χ3v) is 3.88. The van der Waals surface area contributed by atoms with Gasteiger partial charge in [-0.1, -0.05) is 32.0 Å². The third kappa shape index (κ3) is 5.14. The maximum absolute atomic E-state index is 11.7. The molecule has 0 aliphatic carbocycles.